The van der Waals surface area contributed by atoms with E-state index in [4.69, 9.17) is 0 Å². The maximum absolute atomic E-state index is 12.4. The van der Waals surface area contributed by atoms with Gasteiger partial charge in [-0.05, 0) is 25.3 Å². The van der Waals surface area contributed by atoms with Crippen LogP contribution in [0.15, 0.2) is 18.2 Å². The van der Waals surface area contributed by atoms with Gasteiger partial charge < -0.3 is 4.90 Å². The van der Waals surface area contributed by atoms with Crippen LogP contribution in [-0.4, -0.2) is 52.1 Å². The van der Waals surface area contributed by atoms with Crippen LogP contribution in [0.5, 0.6) is 0 Å². The monoisotopic (exact) mass is 331 g/mol. The van der Waals surface area contributed by atoms with Crippen LogP contribution in [0.4, 0.5) is 5.69 Å². The molecule has 3 rings (SSSR count). The molecule has 3 amide bonds. The van der Waals surface area contributed by atoms with Gasteiger partial charge in [0.15, 0.2) is 0 Å². The summed E-state index contributed by atoms with van der Waals surface area (Å²) in [5.74, 6) is -1.38. The third-order valence-corrected chi connectivity index (χ3v) is 4.43. The summed E-state index contributed by atoms with van der Waals surface area (Å²) in [7, 11) is 0. The summed E-state index contributed by atoms with van der Waals surface area (Å²) in [4.78, 5) is 50.0. The van der Waals surface area contributed by atoms with Crippen LogP contribution in [0.2, 0.25) is 0 Å². The Labute approximate surface area is 138 Å². The predicted molar refractivity (Wildman–Crippen MR) is 83.5 cm³/mol. The van der Waals surface area contributed by atoms with Crippen molar-refractivity contribution in [3.05, 3.63) is 39.4 Å². The standard InChI is InChI=1S/C16H17N3O5/c20-13(17-8-2-1-3-9-17)7-10-18-15(21)11-5-4-6-12(19(23)24)14(11)16(18)22/h4-6H,1-3,7-10H2. The van der Waals surface area contributed by atoms with Gasteiger partial charge in [-0.2, -0.15) is 0 Å². The second-order valence-corrected chi connectivity index (χ2v) is 5.91. The summed E-state index contributed by atoms with van der Waals surface area (Å²) in [6.07, 6.45) is 3.07. The zero-order chi connectivity index (χ0) is 17.3. The molecule has 0 unspecified atom stereocenters. The Morgan fingerprint density at radius 1 is 1.12 bits per heavy atom. The third-order valence-electron chi connectivity index (χ3n) is 4.43. The lowest BCUT2D eigenvalue weighted by Gasteiger charge is -2.27. The molecule has 1 aromatic carbocycles. The number of benzene rings is 1. The number of rotatable bonds is 4. The van der Waals surface area contributed by atoms with Crippen LogP contribution < -0.4 is 0 Å². The van der Waals surface area contributed by atoms with E-state index in [9.17, 15) is 24.5 Å². The Hall–Kier alpha value is -2.77. The number of carbonyl (C=O) groups excluding carboxylic acids is 3. The van der Waals surface area contributed by atoms with E-state index >= 15 is 0 Å². The highest BCUT2D eigenvalue weighted by atomic mass is 16.6. The third kappa shape index (κ3) is 2.75. The van der Waals surface area contributed by atoms with E-state index in [0.29, 0.717) is 13.1 Å². The molecule has 0 radical (unpaired) electrons. The zero-order valence-corrected chi connectivity index (χ0v) is 13.1. The molecule has 8 heteroatoms. The van der Waals surface area contributed by atoms with Gasteiger partial charge in [0.1, 0.15) is 5.56 Å². The van der Waals surface area contributed by atoms with Crippen LogP contribution >= 0.6 is 0 Å². The number of carbonyl (C=O) groups is 3. The van der Waals surface area contributed by atoms with Crippen LogP contribution in [0.3, 0.4) is 0 Å². The number of nitrogens with zero attached hydrogens (tertiary/aromatic N) is 3. The van der Waals surface area contributed by atoms with E-state index in [2.05, 4.69) is 0 Å². The molecule has 0 spiro atoms. The molecule has 1 aromatic rings. The molecule has 2 heterocycles. The van der Waals surface area contributed by atoms with Crippen molar-refractivity contribution in [1.29, 1.82) is 0 Å². The average molecular weight is 331 g/mol. The lowest BCUT2D eigenvalue weighted by atomic mass is 10.1. The summed E-state index contributed by atoms with van der Waals surface area (Å²) in [6, 6.07) is 3.98. The smallest absolute Gasteiger partial charge is 0.282 e. The minimum atomic E-state index is -0.700. The number of nitro benzene ring substituents is 1. The van der Waals surface area contributed by atoms with E-state index in [1.165, 1.54) is 18.2 Å². The van der Waals surface area contributed by atoms with Crippen molar-refractivity contribution in [2.75, 3.05) is 19.6 Å². The predicted octanol–water partition coefficient (Wildman–Crippen LogP) is 1.59. The Bertz CT molecular complexity index is 724. The van der Waals surface area contributed by atoms with Gasteiger partial charge in [0, 0.05) is 32.1 Å². The van der Waals surface area contributed by atoms with Gasteiger partial charge in [-0.1, -0.05) is 6.07 Å². The van der Waals surface area contributed by atoms with Crippen molar-refractivity contribution in [3.63, 3.8) is 0 Å². The second kappa shape index (κ2) is 6.38. The number of piperidine rings is 1. The van der Waals surface area contributed by atoms with Crippen LogP contribution in [0.25, 0.3) is 0 Å². The summed E-state index contributed by atoms with van der Waals surface area (Å²) >= 11 is 0. The van der Waals surface area contributed by atoms with Crippen LogP contribution in [-0.2, 0) is 4.79 Å². The van der Waals surface area contributed by atoms with E-state index in [1.54, 1.807) is 4.90 Å². The molecule has 0 aromatic heterocycles. The van der Waals surface area contributed by atoms with Gasteiger partial charge in [-0.3, -0.25) is 29.4 Å². The minimum Gasteiger partial charge on any atom is -0.343 e. The van der Waals surface area contributed by atoms with E-state index in [1.807, 2.05) is 0 Å². The maximum atomic E-state index is 12.4. The molecule has 126 valence electrons. The summed E-state index contributed by atoms with van der Waals surface area (Å²) < 4.78 is 0. The Kier molecular flexibility index (Phi) is 4.28. The molecule has 0 atom stereocenters. The second-order valence-electron chi connectivity index (χ2n) is 5.91. The maximum Gasteiger partial charge on any atom is 0.282 e. The van der Waals surface area contributed by atoms with Crippen LogP contribution in [0, 0.1) is 10.1 Å². The molecule has 2 aliphatic heterocycles. The number of likely N-dealkylation sites (tertiary alicyclic amines) is 1. The molecule has 1 saturated heterocycles. The van der Waals surface area contributed by atoms with Crippen molar-refractivity contribution in [2.24, 2.45) is 0 Å². The fourth-order valence-electron chi connectivity index (χ4n) is 3.18. The average Bonchev–Trinajstić information content (AvgIpc) is 2.84. The van der Waals surface area contributed by atoms with Gasteiger partial charge in [0.2, 0.25) is 5.91 Å². The number of hydrogen-bond acceptors (Lipinski definition) is 5. The minimum absolute atomic E-state index is 0.0274. The largest absolute Gasteiger partial charge is 0.343 e. The van der Waals surface area contributed by atoms with Crippen LogP contribution in [0.1, 0.15) is 46.4 Å². The van der Waals surface area contributed by atoms with Gasteiger partial charge in [-0.25, -0.2) is 0 Å². The quantitative estimate of drug-likeness (QED) is 0.474. The fourth-order valence-corrected chi connectivity index (χ4v) is 3.18. The van der Waals surface area contributed by atoms with Crippen molar-refractivity contribution in [2.45, 2.75) is 25.7 Å². The first-order chi connectivity index (χ1) is 11.5. The molecule has 0 saturated carbocycles. The lowest BCUT2D eigenvalue weighted by molar-refractivity contribution is -0.385. The highest BCUT2D eigenvalue weighted by Crippen LogP contribution is 2.30. The molecular formula is C16H17N3O5. The van der Waals surface area contributed by atoms with E-state index < -0.39 is 16.7 Å². The Morgan fingerprint density at radius 2 is 1.83 bits per heavy atom. The van der Waals surface area contributed by atoms with Crippen molar-refractivity contribution in [3.8, 4) is 0 Å². The number of fused-ring (bicyclic) bond motifs is 1. The number of hydrogen-bond donors (Lipinski definition) is 0. The Balaban J connectivity index is 1.73. The topological polar surface area (TPSA) is 101 Å². The molecular weight excluding hydrogens is 314 g/mol. The summed E-state index contributed by atoms with van der Waals surface area (Å²) in [5, 5.41) is 11.1. The molecule has 0 bridgehead atoms. The van der Waals surface area contributed by atoms with E-state index in [-0.39, 0.29) is 35.7 Å². The summed E-state index contributed by atoms with van der Waals surface area (Å²) in [6.45, 7) is 1.34. The lowest BCUT2D eigenvalue weighted by Crippen LogP contribution is -2.39. The molecule has 8 nitrogen and oxygen atoms in total. The first kappa shape index (κ1) is 16.1. The molecule has 1 fully saturated rings. The van der Waals surface area contributed by atoms with Crippen molar-refractivity contribution < 1.29 is 19.3 Å². The number of amides is 3. The highest BCUT2D eigenvalue weighted by molar-refractivity contribution is 6.23. The highest BCUT2D eigenvalue weighted by Gasteiger charge is 2.40. The zero-order valence-electron chi connectivity index (χ0n) is 13.1. The van der Waals surface area contributed by atoms with Crippen molar-refractivity contribution in [1.82, 2.24) is 9.80 Å². The molecule has 0 N–H and O–H groups in total. The van der Waals surface area contributed by atoms with Gasteiger partial charge >= 0.3 is 0 Å². The molecule has 0 aliphatic carbocycles. The first-order valence-corrected chi connectivity index (χ1v) is 7.92. The van der Waals surface area contributed by atoms with Gasteiger partial charge in [-0.15, -0.1) is 0 Å². The first-order valence-electron chi connectivity index (χ1n) is 7.92. The Morgan fingerprint density at radius 3 is 2.50 bits per heavy atom. The molecule has 24 heavy (non-hydrogen) atoms. The van der Waals surface area contributed by atoms with Gasteiger partial charge in [0.25, 0.3) is 17.5 Å². The molecule has 2 aliphatic rings. The van der Waals surface area contributed by atoms with E-state index in [0.717, 1.165) is 24.2 Å². The van der Waals surface area contributed by atoms with Gasteiger partial charge in [0.05, 0.1) is 10.5 Å². The number of nitro groups is 1. The van der Waals surface area contributed by atoms with Crippen molar-refractivity contribution >= 4 is 23.4 Å². The number of imide groups is 1. The normalized spacial score (nSPS) is 17.2. The SMILES string of the molecule is O=C(CCN1C(=O)c2cccc([N+](=O)[O-])c2C1=O)N1CCCCC1. The fraction of sp³-hybridized carbons (Fsp3) is 0.438. The summed E-state index contributed by atoms with van der Waals surface area (Å²) in [5.41, 5.74) is -0.534.